The molecule has 2 aromatic rings. The highest BCUT2D eigenvalue weighted by Crippen LogP contribution is 2.31. The monoisotopic (exact) mass is 329 g/mol. The number of ether oxygens (including phenoxy) is 1. The van der Waals surface area contributed by atoms with Gasteiger partial charge in [-0.2, -0.15) is 0 Å². The Hall–Kier alpha value is -2.65. The minimum atomic E-state index is -3.88. The number of carbonyl (C=O) groups is 1. The molecule has 0 bridgehead atoms. The van der Waals surface area contributed by atoms with Crippen molar-refractivity contribution < 1.29 is 17.9 Å². The molecule has 0 fully saturated rings. The van der Waals surface area contributed by atoms with Crippen molar-refractivity contribution in [2.45, 2.75) is 17.2 Å². The highest BCUT2D eigenvalue weighted by Gasteiger charge is 2.34. The van der Waals surface area contributed by atoms with Crippen LogP contribution >= 0.6 is 0 Å². The largest absolute Gasteiger partial charge is 0.465 e. The standard InChI is InChI=1S/C17H15NO4S/c1-12-7-9-15(10-8-12)23(20,21)16(18-2)13-5-4-6-14(11-13)17(19)22-3/h4-11,16H,1,3H3/t16-/m1/s1. The lowest BCUT2D eigenvalue weighted by Gasteiger charge is -2.09. The topological polar surface area (TPSA) is 64.8 Å². The summed E-state index contributed by atoms with van der Waals surface area (Å²) in [6.07, 6.45) is 0. The summed E-state index contributed by atoms with van der Waals surface area (Å²) in [4.78, 5) is 14.9. The second-order valence-corrected chi connectivity index (χ2v) is 6.96. The number of benzene rings is 2. The maximum absolute atomic E-state index is 12.7. The SMILES string of the molecule is [C-]#[N+][C@@H](c1cccc(C(=O)OC)c1)S(=O)(=O)c1ccc(C)cc1. The van der Waals surface area contributed by atoms with Crippen molar-refractivity contribution in [1.82, 2.24) is 0 Å². The minimum Gasteiger partial charge on any atom is -0.465 e. The first-order valence-electron chi connectivity index (χ1n) is 6.75. The van der Waals surface area contributed by atoms with Crippen molar-refractivity contribution in [1.29, 1.82) is 0 Å². The summed E-state index contributed by atoms with van der Waals surface area (Å²) in [6, 6.07) is 12.2. The van der Waals surface area contributed by atoms with Gasteiger partial charge in [-0.3, -0.25) is 4.85 Å². The van der Waals surface area contributed by atoms with Gasteiger partial charge in [-0.1, -0.05) is 29.8 Å². The van der Waals surface area contributed by atoms with Gasteiger partial charge >= 0.3 is 11.3 Å². The molecule has 0 heterocycles. The van der Waals surface area contributed by atoms with E-state index >= 15 is 0 Å². The smallest absolute Gasteiger partial charge is 0.350 e. The van der Waals surface area contributed by atoms with Crippen LogP contribution in [0, 0.1) is 13.5 Å². The molecule has 0 N–H and O–H groups in total. The Morgan fingerprint density at radius 3 is 2.39 bits per heavy atom. The molecule has 118 valence electrons. The molecule has 2 rings (SSSR count). The van der Waals surface area contributed by atoms with Crippen molar-refractivity contribution in [2.24, 2.45) is 0 Å². The van der Waals surface area contributed by atoms with Gasteiger partial charge in [0.05, 0.1) is 23.1 Å². The van der Waals surface area contributed by atoms with Gasteiger partial charge in [-0.15, -0.1) is 0 Å². The molecule has 0 saturated carbocycles. The van der Waals surface area contributed by atoms with Crippen LogP contribution in [0.25, 0.3) is 4.85 Å². The van der Waals surface area contributed by atoms with Gasteiger partial charge in [0, 0.05) is 0 Å². The maximum atomic E-state index is 12.7. The molecule has 1 atom stereocenters. The average Bonchev–Trinajstić information content (AvgIpc) is 2.55. The van der Waals surface area contributed by atoms with E-state index in [0.29, 0.717) is 0 Å². The van der Waals surface area contributed by atoms with E-state index in [1.807, 2.05) is 6.92 Å². The van der Waals surface area contributed by atoms with Crippen LogP contribution in [0.2, 0.25) is 0 Å². The summed E-state index contributed by atoms with van der Waals surface area (Å²) in [6.45, 7) is 9.15. The lowest BCUT2D eigenvalue weighted by Crippen LogP contribution is -2.12. The van der Waals surface area contributed by atoms with Gasteiger partial charge in [0.2, 0.25) is 0 Å². The molecular weight excluding hydrogens is 314 g/mol. The fraction of sp³-hybridized carbons (Fsp3) is 0.176. The summed E-state index contributed by atoms with van der Waals surface area (Å²) in [5, 5.41) is -1.41. The number of methoxy groups -OCH3 is 1. The molecule has 0 aliphatic rings. The normalized spacial score (nSPS) is 12.2. The van der Waals surface area contributed by atoms with Crippen molar-refractivity contribution in [2.75, 3.05) is 7.11 Å². The molecule has 23 heavy (non-hydrogen) atoms. The highest BCUT2D eigenvalue weighted by atomic mass is 32.2. The molecule has 0 spiro atoms. The first-order valence-corrected chi connectivity index (χ1v) is 8.30. The van der Waals surface area contributed by atoms with E-state index in [9.17, 15) is 13.2 Å². The molecule has 0 aliphatic heterocycles. The third kappa shape index (κ3) is 3.41. The van der Waals surface area contributed by atoms with Gasteiger partial charge in [0.1, 0.15) is 0 Å². The quantitative estimate of drug-likeness (QED) is 0.638. The number of sulfone groups is 1. The third-order valence-corrected chi connectivity index (χ3v) is 5.25. The highest BCUT2D eigenvalue weighted by molar-refractivity contribution is 7.91. The van der Waals surface area contributed by atoms with E-state index in [2.05, 4.69) is 9.58 Å². The van der Waals surface area contributed by atoms with E-state index in [1.165, 1.54) is 43.5 Å². The van der Waals surface area contributed by atoms with Crippen LogP contribution in [0.3, 0.4) is 0 Å². The van der Waals surface area contributed by atoms with Gasteiger partial charge in [0.25, 0.3) is 9.84 Å². The minimum absolute atomic E-state index is 0.0765. The number of carbonyl (C=O) groups excluding carboxylic acids is 1. The predicted molar refractivity (Wildman–Crippen MR) is 85.5 cm³/mol. The number of aryl methyl sites for hydroxylation is 1. The van der Waals surface area contributed by atoms with Gasteiger partial charge in [-0.25, -0.2) is 19.8 Å². The first kappa shape index (κ1) is 16.7. The van der Waals surface area contributed by atoms with Crippen LogP contribution in [0.15, 0.2) is 53.4 Å². The molecule has 0 amide bonds. The van der Waals surface area contributed by atoms with Crippen LogP contribution < -0.4 is 0 Å². The molecule has 2 aromatic carbocycles. The number of nitrogens with zero attached hydrogens (tertiary/aromatic N) is 1. The Kier molecular flexibility index (Phi) is 4.82. The number of hydrogen-bond donors (Lipinski definition) is 0. The Morgan fingerprint density at radius 2 is 1.83 bits per heavy atom. The summed E-state index contributed by atoms with van der Waals surface area (Å²) >= 11 is 0. The molecule has 0 aromatic heterocycles. The summed E-state index contributed by atoms with van der Waals surface area (Å²) in [5.41, 5.74) is 1.37. The summed E-state index contributed by atoms with van der Waals surface area (Å²) < 4.78 is 30.0. The van der Waals surface area contributed by atoms with Gasteiger partial charge < -0.3 is 4.74 Å². The molecule has 0 aliphatic carbocycles. The van der Waals surface area contributed by atoms with Gasteiger partial charge in [-0.05, 0) is 31.2 Å². The third-order valence-electron chi connectivity index (χ3n) is 3.35. The summed E-state index contributed by atoms with van der Waals surface area (Å²) in [7, 11) is -2.64. The van der Waals surface area contributed by atoms with E-state index in [1.54, 1.807) is 12.1 Å². The molecule has 5 nitrogen and oxygen atoms in total. The van der Waals surface area contributed by atoms with E-state index in [4.69, 9.17) is 6.57 Å². The lowest BCUT2D eigenvalue weighted by atomic mass is 10.1. The fourth-order valence-electron chi connectivity index (χ4n) is 2.12. The molecule has 0 saturated heterocycles. The van der Waals surface area contributed by atoms with Crippen LogP contribution in [0.5, 0.6) is 0 Å². The Labute approximate surface area is 135 Å². The zero-order valence-corrected chi connectivity index (χ0v) is 13.5. The zero-order valence-electron chi connectivity index (χ0n) is 12.7. The number of esters is 1. The Morgan fingerprint density at radius 1 is 1.17 bits per heavy atom. The lowest BCUT2D eigenvalue weighted by molar-refractivity contribution is 0.0600. The zero-order chi connectivity index (χ0) is 17.0. The van der Waals surface area contributed by atoms with Crippen LogP contribution in [-0.4, -0.2) is 21.5 Å². The molecule has 0 radical (unpaired) electrons. The van der Waals surface area contributed by atoms with Crippen LogP contribution in [-0.2, 0) is 14.6 Å². The second-order valence-electron chi connectivity index (χ2n) is 4.96. The van der Waals surface area contributed by atoms with Crippen molar-refractivity contribution in [3.8, 4) is 0 Å². The Bertz CT molecular complexity index is 864. The number of rotatable bonds is 4. The molecule has 0 unspecified atom stereocenters. The fourth-order valence-corrected chi connectivity index (χ4v) is 3.53. The van der Waals surface area contributed by atoms with Crippen molar-refractivity contribution in [3.63, 3.8) is 0 Å². The van der Waals surface area contributed by atoms with E-state index in [0.717, 1.165) is 5.56 Å². The number of hydrogen-bond acceptors (Lipinski definition) is 4. The van der Waals surface area contributed by atoms with Crippen LogP contribution in [0.4, 0.5) is 0 Å². The van der Waals surface area contributed by atoms with E-state index < -0.39 is 21.2 Å². The predicted octanol–water partition coefficient (Wildman–Crippen LogP) is 3.17. The average molecular weight is 329 g/mol. The first-order chi connectivity index (χ1) is 10.9. The molecular formula is C17H15NO4S. The summed E-state index contributed by atoms with van der Waals surface area (Å²) in [5.74, 6) is -0.580. The Balaban J connectivity index is 2.49. The van der Waals surface area contributed by atoms with Crippen LogP contribution in [0.1, 0.15) is 26.9 Å². The van der Waals surface area contributed by atoms with Crippen molar-refractivity contribution >= 4 is 15.8 Å². The second kappa shape index (κ2) is 6.63. The maximum Gasteiger partial charge on any atom is 0.350 e. The van der Waals surface area contributed by atoms with Crippen molar-refractivity contribution in [3.05, 3.63) is 76.6 Å². The molecule has 6 heteroatoms. The van der Waals surface area contributed by atoms with Gasteiger partial charge in [0.15, 0.2) is 0 Å². The van der Waals surface area contributed by atoms with E-state index in [-0.39, 0.29) is 16.0 Å².